The molecule has 0 bridgehead atoms. The number of amides is 1. The molecule has 0 aliphatic carbocycles. The minimum absolute atomic E-state index is 0.175. The first-order chi connectivity index (χ1) is 21.0. The second kappa shape index (κ2) is 28.0. The molecule has 0 aromatic heterocycles. The van der Waals surface area contributed by atoms with E-state index in [0.717, 1.165) is 25.1 Å². The second-order valence-electron chi connectivity index (χ2n) is 8.90. The quantitative estimate of drug-likeness (QED) is 0.0838. The van der Waals surface area contributed by atoms with Crippen molar-refractivity contribution in [1.82, 2.24) is 5.32 Å². The third-order valence-electron chi connectivity index (χ3n) is 5.33. The number of benzene rings is 1. The van der Waals surface area contributed by atoms with Gasteiger partial charge in [-0.3, -0.25) is 4.79 Å². The number of carboxylic acid groups (broad SMARTS) is 1. The average Bonchev–Trinajstić information content (AvgIpc) is 3.00. The maximum Gasteiger partial charge on any atom is 0.338 e. The predicted molar refractivity (Wildman–Crippen MR) is 157 cm³/mol. The molecule has 43 heavy (non-hydrogen) atoms. The molecule has 0 aliphatic heterocycles. The van der Waals surface area contributed by atoms with Gasteiger partial charge in [0.25, 0.3) is 0 Å². The molecule has 1 amide bonds. The Morgan fingerprint density at radius 1 is 0.628 bits per heavy atom. The predicted octanol–water partition coefficient (Wildman–Crippen LogP) is 1.37. The van der Waals surface area contributed by atoms with Crippen LogP contribution in [0, 0.1) is 0 Å². The maximum atomic E-state index is 12.1. The van der Waals surface area contributed by atoms with Crippen molar-refractivity contribution in [3.63, 3.8) is 0 Å². The van der Waals surface area contributed by atoms with Gasteiger partial charge in [-0.2, -0.15) is 0 Å². The van der Waals surface area contributed by atoms with Gasteiger partial charge < -0.3 is 53.6 Å². The normalized spacial score (nSPS) is 10.9. The van der Waals surface area contributed by atoms with Crippen LogP contribution in [0.25, 0.3) is 0 Å². The molecule has 0 fully saturated rings. The number of carbonyl (C=O) groups excluding carboxylic acids is 2. The van der Waals surface area contributed by atoms with E-state index >= 15 is 0 Å². The lowest BCUT2D eigenvalue weighted by atomic mass is 10.2. The lowest BCUT2D eigenvalue weighted by molar-refractivity contribution is -0.143. The van der Waals surface area contributed by atoms with Crippen molar-refractivity contribution >= 4 is 23.5 Å². The maximum absolute atomic E-state index is 12.1. The number of carbonyl (C=O) groups is 3. The SMILES string of the molecule is CCCCNc1ccc(C(=O)OCCOCCOCCOCCOCCOCCOCCNC(=O)COCC(=O)O)cc1. The van der Waals surface area contributed by atoms with E-state index in [1.807, 2.05) is 12.1 Å². The first kappa shape index (κ1) is 38.2. The van der Waals surface area contributed by atoms with Gasteiger partial charge in [-0.1, -0.05) is 13.3 Å². The number of carboxylic acids is 1. The summed E-state index contributed by atoms with van der Waals surface area (Å²) >= 11 is 0. The van der Waals surface area contributed by atoms with E-state index in [4.69, 9.17) is 38.3 Å². The molecule has 0 saturated carbocycles. The zero-order valence-corrected chi connectivity index (χ0v) is 25.2. The van der Waals surface area contributed by atoms with Crippen LogP contribution in [0.15, 0.2) is 24.3 Å². The summed E-state index contributed by atoms with van der Waals surface area (Å²) in [6.07, 6.45) is 2.23. The van der Waals surface area contributed by atoms with Crippen LogP contribution in [0.3, 0.4) is 0 Å². The molecule has 1 rings (SSSR count). The Hall–Kier alpha value is -2.85. The lowest BCUT2D eigenvalue weighted by Crippen LogP contribution is -2.31. The van der Waals surface area contributed by atoms with Gasteiger partial charge in [-0.25, -0.2) is 9.59 Å². The number of unbranched alkanes of at least 4 members (excludes halogenated alkanes) is 1. The van der Waals surface area contributed by atoms with Gasteiger partial charge in [0, 0.05) is 18.8 Å². The second-order valence-corrected chi connectivity index (χ2v) is 8.90. The van der Waals surface area contributed by atoms with Crippen LogP contribution in [0.5, 0.6) is 0 Å². The van der Waals surface area contributed by atoms with Crippen LogP contribution in [-0.4, -0.2) is 135 Å². The molecule has 0 spiro atoms. The Balaban J connectivity index is 1.77. The summed E-state index contributed by atoms with van der Waals surface area (Å²) in [5.74, 6) is -1.90. The van der Waals surface area contributed by atoms with Crippen molar-refractivity contribution in [3.8, 4) is 0 Å². The average molecular weight is 617 g/mol. The third-order valence-corrected chi connectivity index (χ3v) is 5.33. The highest BCUT2D eigenvalue weighted by Gasteiger charge is 2.07. The van der Waals surface area contributed by atoms with Gasteiger partial charge in [-0.15, -0.1) is 0 Å². The third kappa shape index (κ3) is 24.3. The first-order valence-electron chi connectivity index (χ1n) is 14.6. The molecule has 14 nitrogen and oxygen atoms in total. The lowest BCUT2D eigenvalue weighted by Gasteiger charge is -2.09. The summed E-state index contributed by atoms with van der Waals surface area (Å²) in [5.41, 5.74) is 1.49. The fraction of sp³-hybridized carbons (Fsp3) is 0.690. The van der Waals surface area contributed by atoms with Gasteiger partial charge in [0.05, 0.1) is 84.8 Å². The number of nitrogens with one attached hydrogen (secondary N) is 2. The molecular weight excluding hydrogens is 568 g/mol. The van der Waals surface area contributed by atoms with Crippen LogP contribution in [0.2, 0.25) is 0 Å². The molecular formula is C29H48N2O12. The summed E-state index contributed by atoms with van der Waals surface area (Å²) in [4.78, 5) is 33.7. The van der Waals surface area contributed by atoms with Gasteiger partial charge >= 0.3 is 11.9 Å². The van der Waals surface area contributed by atoms with Gasteiger partial charge in [-0.05, 0) is 30.7 Å². The summed E-state index contributed by atoms with van der Waals surface area (Å²) < 4.78 is 42.3. The number of hydrogen-bond acceptors (Lipinski definition) is 12. The molecule has 0 radical (unpaired) electrons. The molecule has 1 aromatic carbocycles. The van der Waals surface area contributed by atoms with Crippen LogP contribution in [0.1, 0.15) is 30.1 Å². The molecule has 0 aliphatic rings. The summed E-state index contributed by atoms with van der Waals surface area (Å²) in [6, 6.07) is 7.24. The topological polar surface area (TPSA) is 169 Å². The van der Waals surface area contributed by atoms with E-state index in [0.29, 0.717) is 91.4 Å². The standard InChI is InChI=1S/C29H48N2O12/c1-2-3-8-30-26-6-4-25(5-7-26)29(35)43-22-21-41-20-19-40-18-17-39-16-15-38-14-13-37-12-11-36-10-9-31-27(32)23-42-24-28(33)34/h4-7,30H,2-3,8-24H2,1H3,(H,31,32)(H,33,34). The number of anilines is 1. The summed E-state index contributed by atoms with van der Waals surface area (Å²) in [5, 5.41) is 14.3. The van der Waals surface area contributed by atoms with E-state index in [9.17, 15) is 14.4 Å². The minimum Gasteiger partial charge on any atom is -0.480 e. The Bertz CT molecular complexity index is 841. The Kier molecular flexibility index (Phi) is 24.8. The smallest absolute Gasteiger partial charge is 0.338 e. The van der Waals surface area contributed by atoms with Crippen molar-refractivity contribution in [3.05, 3.63) is 29.8 Å². The molecule has 14 heteroatoms. The van der Waals surface area contributed by atoms with E-state index in [1.165, 1.54) is 0 Å². The van der Waals surface area contributed by atoms with E-state index in [-0.39, 0.29) is 19.2 Å². The number of rotatable bonds is 30. The van der Waals surface area contributed by atoms with Crippen molar-refractivity contribution in [1.29, 1.82) is 0 Å². The van der Waals surface area contributed by atoms with Crippen molar-refractivity contribution in [2.45, 2.75) is 19.8 Å². The largest absolute Gasteiger partial charge is 0.480 e. The number of ether oxygens (including phenoxy) is 8. The highest BCUT2D eigenvalue weighted by atomic mass is 16.6. The molecule has 3 N–H and O–H groups in total. The minimum atomic E-state index is -1.13. The molecule has 1 aromatic rings. The van der Waals surface area contributed by atoms with E-state index < -0.39 is 18.5 Å². The Labute approximate surface area is 253 Å². The highest BCUT2D eigenvalue weighted by molar-refractivity contribution is 5.89. The van der Waals surface area contributed by atoms with Crippen LogP contribution < -0.4 is 10.6 Å². The van der Waals surface area contributed by atoms with E-state index in [2.05, 4.69) is 22.3 Å². The molecule has 0 atom stereocenters. The fourth-order valence-corrected chi connectivity index (χ4v) is 3.16. The zero-order valence-electron chi connectivity index (χ0n) is 25.2. The monoisotopic (exact) mass is 616 g/mol. The van der Waals surface area contributed by atoms with Crippen LogP contribution in [0.4, 0.5) is 5.69 Å². The summed E-state index contributed by atoms with van der Waals surface area (Å²) in [7, 11) is 0. The first-order valence-corrected chi connectivity index (χ1v) is 14.6. The van der Waals surface area contributed by atoms with Gasteiger partial charge in [0.15, 0.2) is 0 Å². The number of hydrogen-bond donors (Lipinski definition) is 3. The molecule has 0 heterocycles. The van der Waals surface area contributed by atoms with Crippen molar-refractivity contribution < 1.29 is 57.4 Å². The fourth-order valence-electron chi connectivity index (χ4n) is 3.16. The zero-order chi connectivity index (χ0) is 31.2. The summed E-state index contributed by atoms with van der Waals surface area (Å²) in [6.45, 7) is 7.51. The van der Waals surface area contributed by atoms with Crippen LogP contribution >= 0.6 is 0 Å². The van der Waals surface area contributed by atoms with Crippen LogP contribution in [-0.2, 0) is 47.5 Å². The van der Waals surface area contributed by atoms with E-state index in [1.54, 1.807) is 12.1 Å². The van der Waals surface area contributed by atoms with Gasteiger partial charge in [0.2, 0.25) is 5.91 Å². The van der Waals surface area contributed by atoms with Gasteiger partial charge in [0.1, 0.15) is 19.8 Å². The molecule has 246 valence electrons. The Morgan fingerprint density at radius 2 is 1.12 bits per heavy atom. The number of esters is 1. The van der Waals surface area contributed by atoms with Crippen molar-refractivity contribution in [2.24, 2.45) is 0 Å². The molecule has 0 saturated heterocycles. The molecule has 0 unspecified atom stereocenters. The highest BCUT2D eigenvalue weighted by Crippen LogP contribution is 2.10. The number of aliphatic carboxylic acids is 1. The Morgan fingerprint density at radius 3 is 1.60 bits per heavy atom. The van der Waals surface area contributed by atoms with Crippen molar-refractivity contribution in [2.75, 3.05) is 118 Å².